The van der Waals surface area contributed by atoms with Crippen LogP contribution in [0.4, 0.5) is 19.0 Å². The van der Waals surface area contributed by atoms with E-state index >= 15 is 0 Å². The molecule has 2 aliphatic rings. The van der Waals surface area contributed by atoms with Gasteiger partial charge in [-0.15, -0.1) is 0 Å². The van der Waals surface area contributed by atoms with Gasteiger partial charge in [-0.1, -0.05) is 6.07 Å². The molecular formula is C13H16F3N3. The summed E-state index contributed by atoms with van der Waals surface area (Å²) in [5.41, 5.74) is -0.806. The van der Waals surface area contributed by atoms with Gasteiger partial charge in [0.05, 0.1) is 0 Å². The van der Waals surface area contributed by atoms with Crippen LogP contribution in [0.3, 0.4) is 0 Å². The predicted molar refractivity (Wildman–Crippen MR) is 65.9 cm³/mol. The van der Waals surface area contributed by atoms with Crippen molar-refractivity contribution in [2.45, 2.75) is 6.18 Å². The summed E-state index contributed by atoms with van der Waals surface area (Å²) in [7, 11) is 2.09. The van der Waals surface area contributed by atoms with Gasteiger partial charge >= 0.3 is 6.18 Å². The van der Waals surface area contributed by atoms with Crippen LogP contribution in [0.2, 0.25) is 0 Å². The number of anilines is 1. The molecule has 6 heteroatoms. The molecule has 0 amide bonds. The van der Waals surface area contributed by atoms with Gasteiger partial charge in [0.2, 0.25) is 0 Å². The molecule has 2 aliphatic heterocycles. The largest absolute Gasteiger partial charge is 0.433 e. The monoisotopic (exact) mass is 271 g/mol. The van der Waals surface area contributed by atoms with Crippen molar-refractivity contribution in [2.24, 2.45) is 11.8 Å². The molecule has 3 nitrogen and oxygen atoms in total. The van der Waals surface area contributed by atoms with E-state index in [0.717, 1.165) is 32.2 Å². The Morgan fingerprint density at radius 2 is 1.74 bits per heavy atom. The Morgan fingerprint density at radius 3 is 2.32 bits per heavy atom. The van der Waals surface area contributed by atoms with E-state index in [-0.39, 0.29) is 0 Å². The lowest BCUT2D eigenvalue weighted by molar-refractivity contribution is -0.141. The molecular weight excluding hydrogens is 255 g/mol. The average molecular weight is 271 g/mol. The van der Waals surface area contributed by atoms with Gasteiger partial charge in [-0.2, -0.15) is 13.2 Å². The second-order valence-electron chi connectivity index (χ2n) is 5.53. The van der Waals surface area contributed by atoms with E-state index < -0.39 is 11.9 Å². The van der Waals surface area contributed by atoms with Crippen LogP contribution in [0.15, 0.2) is 18.2 Å². The number of halogens is 3. The number of aromatic nitrogens is 1. The van der Waals surface area contributed by atoms with E-state index in [2.05, 4.69) is 16.9 Å². The number of hydrogen-bond acceptors (Lipinski definition) is 3. The third-order valence-electron chi connectivity index (χ3n) is 4.02. The summed E-state index contributed by atoms with van der Waals surface area (Å²) in [5.74, 6) is 1.56. The molecule has 2 atom stereocenters. The first-order valence-corrected chi connectivity index (χ1v) is 6.41. The van der Waals surface area contributed by atoms with Crippen molar-refractivity contribution >= 4 is 5.82 Å². The van der Waals surface area contributed by atoms with E-state index in [1.807, 2.05) is 4.90 Å². The predicted octanol–water partition coefficient (Wildman–Crippen LogP) is 2.10. The van der Waals surface area contributed by atoms with Crippen LogP contribution in [-0.4, -0.2) is 43.1 Å². The van der Waals surface area contributed by atoms with Crippen LogP contribution in [-0.2, 0) is 6.18 Å². The Hall–Kier alpha value is -1.30. The van der Waals surface area contributed by atoms with E-state index in [0.29, 0.717) is 17.7 Å². The molecule has 3 rings (SSSR count). The number of hydrogen-bond donors (Lipinski definition) is 0. The molecule has 2 saturated heterocycles. The van der Waals surface area contributed by atoms with Gasteiger partial charge in [-0.3, -0.25) is 0 Å². The number of rotatable bonds is 1. The minimum atomic E-state index is -4.37. The summed E-state index contributed by atoms with van der Waals surface area (Å²) in [4.78, 5) is 8.03. The molecule has 0 spiro atoms. The maximum atomic E-state index is 12.6. The SMILES string of the molecule is CN1CC2CN(c3cccc(C(F)(F)F)n3)CC2C1. The van der Waals surface area contributed by atoms with Gasteiger partial charge < -0.3 is 9.80 Å². The molecule has 3 heterocycles. The third-order valence-corrected chi connectivity index (χ3v) is 4.02. The minimum absolute atomic E-state index is 0.451. The number of likely N-dealkylation sites (tertiary alicyclic amines) is 1. The molecule has 1 aromatic rings. The summed E-state index contributed by atoms with van der Waals surface area (Å²) >= 11 is 0. The summed E-state index contributed by atoms with van der Waals surface area (Å²) in [5, 5.41) is 0. The molecule has 0 aliphatic carbocycles. The summed E-state index contributed by atoms with van der Waals surface area (Å²) < 4.78 is 37.9. The molecule has 0 N–H and O–H groups in total. The summed E-state index contributed by atoms with van der Waals surface area (Å²) in [6.07, 6.45) is -4.37. The lowest BCUT2D eigenvalue weighted by Gasteiger charge is -2.21. The quantitative estimate of drug-likeness (QED) is 0.779. The van der Waals surface area contributed by atoms with E-state index in [1.54, 1.807) is 6.07 Å². The minimum Gasteiger partial charge on any atom is -0.356 e. The van der Waals surface area contributed by atoms with E-state index in [1.165, 1.54) is 6.07 Å². The number of pyridine rings is 1. The Balaban J connectivity index is 1.78. The van der Waals surface area contributed by atoms with Crippen molar-refractivity contribution in [1.29, 1.82) is 0 Å². The lowest BCUT2D eigenvalue weighted by Crippen LogP contribution is -2.27. The highest BCUT2D eigenvalue weighted by molar-refractivity contribution is 5.41. The second-order valence-corrected chi connectivity index (χ2v) is 5.53. The Labute approximate surface area is 110 Å². The fourth-order valence-electron chi connectivity index (χ4n) is 3.17. The fourth-order valence-corrected chi connectivity index (χ4v) is 3.17. The molecule has 0 aromatic carbocycles. The van der Waals surface area contributed by atoms with Crippen molar-refractivity contribution in [2.75, 3.05) is 38.1 Å². The zero-order valence-corrected chi connectivity index (χ0v) is 10.7. The van der Waals surface area contributed by atoms with Crippen LogP contribution in [0.25, 0.3) is 0 Å². The molecule has 104 valence electrons. The third kappa shape index (κ3) is 2.41. The molecule has 0 bridgehead atoms. The topological polar surface area (TPSA) is 19.4 Å². The first-order chi connectivity index (χ1) is 8.93. The van der Waals surface area contributed by atoms with Gasteiger partial charge in [-0.05, 0) is 31.0 Å². The molecule has 0 saturated carbocycles. The molecule has 2 fully saturated rings. The first-order valence-electron chi connectivity index (χ1n) is 6.41. The summed E-state index contributed by atoms with van der Waals surface area (Å²) in [6.45, 7) is 3.67. The van der Waals surface area contributed by atoms with Gasteiger partial charge in [0.15, 0.2) is 0 Å². The van der Waals surface area contributed by atoms with Crippen molar-refractivity contribution in [1.82, 2.24) is 9.88 Å². The smallest absolute Gasteiger partial charge is 0.356 e. The van der Waals surface area contributed by atoms with E-state index in [9.17, 15) is 13.2 Å². The molecule has 19 heavy (non-hydrogen) atoms. The van der Waals surface area contributed by atoms with Crippen LogP contribution >= 0.6 is 0 Å². The standard InChI is InChI=1S/C13H16F3N3/c1-18-5-9-7-19(8-10(9)6-18)12-4-2-3-11(17-12)13(14,15)16/h2-4,9-10H,5-8H2,1H3. The molecule has 1 aromatic heterocycles. The summed E-state index contributed by atoms with van der Waals surface area (Å²) in [6, 6.07) is 4.12. The number of nitrogens with zero attached hydrogens (tertiary/aromatic N) is 3. The normalized spacial score (nSPS) is 27.9. The van der Waals surface area contributed by atoms with Crippen molar-refractivity contribution < 1.29 is 13.2 Å². The number of alkyl halides is 3. The zero-order valence-electron chi connectivity index (χ0n) is 10.7. The van der Waals surface area contributed by atoms with Gasteiger partial charge in [0, 0.05) is 26.2 Å². The molecule has 0 radical (unpaired) electrons. The van der Waals surface area contributed by atoms with Crippen LogP contribution < -0.4 is 4.90 Å². The Bertz CT molecular complexity index is 460. The van der Waals surface area contributed by atoms with Gasteiger partial charge in [-0.25, -0.2) is 4.98 Å². The maximum Gasteiger partial charge on any atom is 0.433 e. The Kier molecular flexibility index (Phi) is 2.92. The molecule has 2 unspecified atom stereocenters. The maximum absolute atomic E-state index is 12.6. The second kappa shape index (κ2) is 4.37. The van der Waals surface area contributed by atoms with Crippen LogP contribution in [0.1, 0.15) is 5.69 Å². The van der Waals surface area contributed by atoms with Crippen molar-refractivity contribution in [3.8, 4) is 0 Å². The average Bonchev–Trinajstić information content (AvgIpc) is 2.85. The lowest BCUT2D eigenvalue weighted by atomic mass is 10.0. The van der Waals surface area contributed by atoms with Gasteiger partial charge in [0.1, 0.15) is 11.5 Å². The fraction of sp³-hybridized carbons (Fsp3) is 0.615. The van der Waals surface area contributed by atoms with Crippen LogP contribution in [0.5, 0.6) is 0 Å². The van der Waals surface area contributed by atoms with Crippen LogP contribution in [0, 0.1) is 11.8 Å². The van der Waals surface area contributed by atoms with E-state index in [4.69, 9.17) is 0 Å². The first kappa shape index (κ1) is 12.7. The zero-order chi connectivity index (χ0) is 13.6. The number of fused-ring (bicyclic) bond motifs is 1. The van der Waals surface area contributed by atoms with Gasteiger partial charge in [0.25, 0.3) is 0 Å². The highest BCUT2D eigenvalue weighted by Crippen LogP contribution is 2.34. The highest BCUT2D eigenvalue weighted by atomic mass is 19.4. The Morgan fingerprint density at radius 1 is 1.11 bits per heavy atom. The van der Waals surface area contributed by atoms with Crippen molar-refractivity contribution in [3.63, 3.8) is 0 Å². The van der Waals surface area contributed by atoms with Crippen molar-refractivity contribution in [3.05, 3.63) is 23.9 Å². The highest BCUT2D eigenvalue weighted by Gasteiger charge is 2.39.